The molecule has 0 unspecified atom stereocenters. The van der Waals surface area contributed by atoms with Crippen LogP contribution in [0.15, 0.2) is 36.8 Å². The lowest BCUT2D eigenvalue weighted by atomic mass is 9.98. The molecule has 0 amide bonds. The summed E-state index contributed by atoms with van der Waals surface area (Å²) in [4.78, 5) is 8.90. The summed E-state index contributed by atoms with van der Waals surface area (Å²) < 4.78 is 36.7. The predicted octanol–water partition coefficient (Wildman–Crippen LogP) is 4.95. The van der Waals surface area contributed by atoms with Crippen molar-refractivity contribution < 1.29 is 13.5 Å². The van der Waals surface area contributed by atoms with Crippen molar-refractivity contribution in [3.05, 3.63) is 54.1 Å². The van der Waals surface area contributed by atoms with Crippen LogP contribution in [0.4, 0.5) is 8.78 Å². The number of aryl methyl sites for hydroxylation is 2. The number of nitrogens with one attached hydrogen (secondary N) is 1. The first-order valence-corrected chi connectivity index (χ1v) is 10.1. The zero-order valence-electron chi connectivity index (χ0n) is 18.6. The molecule has 7 nitrogen and oxygen atoms in total. The number of benzene rings is 1. The Balaban J connectivity index is 1.86. The number of imidazole rings is 1. The molecule has 1 N–H and O–H groups in total. The summed E-state index contributed by atoms with van der Waals surface area (Å²) in [6.45, 7) is 8.09. The third-order valence-corrected chi connectivity index (χ3v) is 4.85. The molecule has 0 aliphatic heterocycles. The number of aromatic nitrogens is 6. The van der Waals surface area contributed by atoms with E-state index in [4.69, 9.17) is 4.74 Å². The Bertz CT molecular complexity index is 1270. The number of aromatic amines is 1. The highest BCUT2D eigenvalue weighted by Gasteiger charge is 2.24. The minimum atomic E-state index is -0.734. The van der Waals surface area contributed by atoms with Gasteiger partial charge in [0.2, 0.25) is 0 Å². The van der Waals surface area contributed by atoms with Crippen molar-refractivity contribution in [3.8, 4) is 39.7 Å². The lowest BCUT2D eigenvalue weighted by molar-refractivity contribution is 0.197. The van der Waals surface area contributed by atoms with E-state index < -0.39 is 11.6 Å². The van der Waals surface area contributed by atoms with Crippen LogP contribution in [0.25, 0.3) is 33.9 Å². The van der Waals surface area contributed by atoms with Crippen LogP contribution >= 0.6 is 0 Å². The molecule has 0 spiro atoms. The number of nitrogens with zero attached hydrogens (tertiary/aromatic N) is 5. The van der Waals surface area contributed by atoms with Crippen molar-refractivity contribution in [2.24, 2.45) is 12.5 Å². The third kappa shape index (κ3) is 4.23. The van der Waals surface area contributed by atoms with E-state index in [9.17, 15) is 4.39 Å². The van der Waals surface area contributed by atoms with E-state index in [1.54, 1.807) is 24.1 Å². The van der Waals surface area contributed by atoms with Gasteiger partial charge in [-0.05, 0) is 24.5 Å². The van der Waals surface area contributed by atoms with E-state index in [0.29, 0.717) is 22.8 Å². The van der Waals surface area contributed by atoms with E-state index in [-0.39, 0.29) is 23.3 Å². The number of H-pyrrole nitrogens is 1. The second kappa shape index (κ2) is 8.14. The van der Waals surface area contributed by atoms with Crippen LogP contribution in [-0.4, -0.2) is 36.6 Å². The van der Waals surface area contributed by atoms with Crippen molar-refractivity contribution in [1.29, 1.82) is 0 Å². The van der Waals surface area contributed by atoms with Crippen LogP contribution in [0.5, 0.6) is 5.75 Å². The first-order chi connectivity index (χ1) is 15.1. The predicted molar refractivity (Wildman–Crippen MR) is 117 cm³/mol. The number of ether oxygens (including phenoxy) is 1. The lowest BCUT2D eigenvalue weighted by Gasteiger charge is -2.21. The highest BCUT2D eigenvalue weighted by molar-refractivity contribution is 5.82. The highest BCUT2D eigenvalue weighted by atomic mass is 19.1. The number of rotatable bonds is 5. The summed E-state index contributed by atoms with van der Waals surface area (Å²) in [6, 6.07) is 5.67. The fourth-order valence-electron chi connectivity index (χ4n) is 3.36. The molecule has 1 aromatic carbocycles. The second-order valence-electron chi connectivity index (χ2n) is 8.85. The third-order valence-electron chi connectivity index (χ3n) is 4.85. The van der Waals surface area contributed by atoms with Gasteiger partial charge in [-0.3, -0.25) is 4.98 Å². The molecule has 4 rings (SSSR count). The number of hydrogen-bond acceptors (Lipinski definition) is 5. The van der Waals surface area contributed by atoms with Gasteiger partial charge in [0.25, 0.3) is 0 Å². The minimum absolute atomic E-state index is 0.116. The van der Waals surface area contributed by atoms with Crippen LogP contribution in [0.2, 0.25) is 0 Å². The van der Waals surface area contributed by atoms with Crippen molar-refractivity contribution in [1.82, 2.24) is 29.9 Å². The van der Waals surface area contributed by atoms with Gasteiger partial charge in [-0.25, -0.2) is 13.8 Å². The maximum absolute atomic E-state index is 15.1. The average molecular weight is 438 g/mol. The average Bonchev–Trinajstić information content (AvgIpc) is 3.31. The van der Waals surface area contributed by atoms with Gasteiger partial charge in [0.05, 0.1) is 35.6 Å². The molecule has 3 heterocycles. The molecule has 0 aliphatic carbocycles. The van der Waals surface area contributed by atoms with Crippen molar-refractivity contribution >= 4 is 0 Å². The standard InChI is InChI=1S/C23H24F2N6O/c1-13-20(29-30-28-13)14-6-7-26-17(8-14)21-22(31(5)12-27-21)19-16(25)9-15(24)10-18(19)32-11-23(2,3)4/h6-10,12H,11H2,1-5H3,(H,28,29,30). The second-order valence-corrected chi connectivity index (χ2v) is 8.85. The van der Waals surface area contributed by atoms with E-state index in [1.165, 1.54) is 6.07 Å². The summed E-state index contributed by atoms with van der Waals surface area (Å²) >= 11 is 0. The van der Waals surface area contributed by atoms with Gasteiger partial charge in [-0.1, -0.05) is 20.8 Å². The maximum atomic E-state index is 15.1. The molecule has 32 heavy (non-hydrogen) atoms. The van der Waals surface area contributed by atoms with Gasteiger partial charge in [0.15, 0.2) is 0 Å². The van der Waals surface area contributed by atoms with Crippen LogP contribution in [0.3, 0.4) is 0 Å². The van der Waals surface area contributed by atoms with Gasteiger partial charge in [-0.15, -0.1) is 0 Å². The van der Waals surface area contributed by atoms with E-state index >= 15 is 4.39 Å². The first-order valence-electron chi connectivity index (χ1n) is 10.1. The Hall–Kier alpha value is -3.62. The minimum Gasteiger partial charge on any atom is -0.492 e. The van der Waals surface area contributed by atoms with Crippen molar-refractivity contribution in [2.45, 2.75) is 27.7 Å². The Morgan fingerprint density at radius 1 is 1.06 bits per heavy atom. The Kier molecular flexibility index (Phi) is 5.50. The SMILES string of the molecule is Cc1n[nH]nc1-c1ccnc(-c2ncn(C)c2-c2c(F)cc(F)cc2OCC(C)(C)C)c1. The first kappa shape index (κ1) is 21.6. The normalized spacial score (nSPS) is 11.7. The largest absolute Gasteiger partial charge is 0.492 e. The molecule has 9 heteroatoms. The van der Waals surface area contributed by atoms with Crippen LogP contribution in [-0.2, 0) is 7.05 Å². The van der Waals surface area contributed by atoms with Gasteiger partial charge in [-0.2, -0.15) is 15.4 Å². The summed E-state index contributed by atoms with van der Waals surface area (Å²) in [5.74, 6) is -1.33. The number of pyridine rings is 1. The summed E-state index contributed by atoms with van der Waals surface area (Å²) in [5.41, 5.74) is 3.57. The molecule has 0 bridgehead atoms. The molecular weight excluding hydrogens is 414 g/mol. The number of halogens is 2. The maximum Gasteiger partial charge on any atom is 0.139 e. The zero-order chi connectivity index (χ0) is 23.0. The summed E-state index contributed by atoms with van der Waals surface area (Å²) in [7, 11) is 1.74. The molecule has 0 saturated carbocycles. The summed E-state index contributed by atoms with van der Waals surface area (Å²) in [6.07, 6.45) is 3.20. The Morgan fingerprint density at radius 2 is 1.84 bits per heavy atom. The van der Waals surface area contributed by atoms with Crippen molar-refractivity contribution in [2.75, 3.05) is 6.61 Å². The van der Waals surface area contributed by atoms with Crippen molar-refractivity contribution in [3.63, 3.8) is 0 Å². The van der Waals surface area contributed by atoms with Crippen LogP contribution in [0, 0.1) is 24.0 Å². The molecule has 0 fully saturated rings. The van der Waals surface area contributed by atoms with E-state index in [0.717, 1.165) is 17.3 Å². The molecular formula is C23H24F2N6O. The van der Waals surface area contributed by atoms with E-state index in [1.807, 2.05) is 39.8 Å². The van der Waals surface area contributed by atoms with Gasteiger partial charge < -0.3 is 9.30 Å². The van der Waals surface area contributed by atoms with Crippen LogP contribution in [0.1, 0.15) is 26.5 Å². The molecule has 166 valence electrons. The number of hydrogen-bond donors (Lipinski definition) is 1. The topological polar surface area (TPSA) is 81.5 Å². The van der Waals surface area contributed by atoms with E-state index in [2.05, 4.69) is 25.4 Å². The molecule has 0 radical (unpaired) electrons. The Morgan fingerprint density at radius 3 is 2.53 bits per heavy atom. The quantitative estimate of drug-likeness (QED) is 0.477. The summed E-state index contributed by atoms with van der Waals surface area (Å²) in [5, 5.41) is 10.8. The fourth-order valence-corrected chi connectivity index (χ4v) is 3.36. The monoisotopic (exact) mass is 438 g/mol. The lowest BCUT2D eigenvalue weighted by Crippen LogP contribution is -2.17. The van der Waals surface area contributed by atoms with Gasteiger partial charge in [0, 0.05) is 30.9 Å². The fraction of sp³-hybridized carbons (Fsp3) is 0.304. The molecule has 4 aromatic rings. The molecule has 0 saturated heterocycles. The highest BCUT2D eigenvalue weighted by Crippen LogP contribution is 2.39. The smallest absolute Gasteiger partial charge is 0.139 e. The molecule has 3 aromatic heterocycles. The van der Waals surface area contributed by atoms with Crippen LogP contribution < -0.4 is 4.74 Å². The Labute approximate surface area is 184 Å². The molecule has 0 aliphatic rings. The zero-order valence-corrected chi connectivity index (χ0v) is 18.6. The van der Waals surface area contributed by atoms with Gasteiger partial charge in [0.1, 0.15) is 28.8 Å². The van der Waals surface area contributed by atoms with Gasteiger partial charge >= 0.3 is 0 Å². The molecule has 0 atom stereocenters.